The van der Waals surface area contributed by atoms with Gasteiger partial charge in [-0.05, 0) is 12.1 Å². The number of nitrogens with two attached hydrogens (primary N) is 1. The molecule has 4 nitrogen and oxygen atoms in total. The molecule has 1 aliphatic heterocycles. The molecule has 1 aromatic carbocycles. The van der Waals surface area contributed by atoms with Gasteiger partial charge in [-0.2, -0.15) is 4.40 Å². The van der Waals surface area contributed by atoms with Crippen molar-refractivity contribution in [3.8, 4) is 5.75 Å². The number of phenols is 1. The molecule has 4 N–H and O–H groups in total. The van der Waals surface area contributed by atoms with E-state index in [1.165, 1.54) is 0 Å². The molecule has 0 radical (unpaired) electrons. The van der Waals surface area contributed by atoms with E-state index in [9.17, 15) is 0 Å². The maximum Gasteiger partial charge on any atom is 0.142 e. The summed E-state index contributed by atoms with van der Waals surface area (Å²) >= 11 is 1.16. The lowest BCUT2D eigenvalue weighted by atomic mass is 10.1. The van der Waals surface area contributed by atoms with Gasteiger partial charge in [0.1, 0.15) is 11.6 Å². The molecule has 0 amide bonds. The summed E-state index contributed by atoms with van der Waals surface area (Å²) in [7, 11) is 0. The highest BCUT2D eigenvalue weighted by atomic mass is 32.2. The summed E-state index contributed by atoms with van der Waals surface area (Å²) in [6.07, 6.45) is 0. The molecule has 1 heterocycles. The molecule has 2 rings (SSSR count). The first-order valence-corrected chi connectivity index (χ1v) is 4.13. The minimum absolute atomic E-state index is 0.219. The fourth-order valence-electron chi connectivity index (χ4n) is 1.01. The summed E-state index contributed by atoms with van der Waals surface area (Å²) < 4.78 is 6.84. The molecule has 0 atom stereocenters. The van der Waals surface area contributed by atoms with Crippen molar-refractivity contribution in [2.45, 2.75) is 0 Å². The highest BCUT2D eigenvalue weighted by molar-refractivity contribution is 7.99. The van der Waals surface area contributed by atoms with E-state index in [0.717, 1.165) is 23.4 Å². The molecule has 12 heavy (non-hydrogen) atoms. The normalized spacial score (nSPS) is 14.5. The standard InChI is InChI=1S/C7H7N3OS/c8-7-5-2-1-4(11)3-6(5)9-12-10-7/h1-3,9,11H,(H2,8,10). The number of phenolic OH excluding ortho intramolecular Hbond substituents is 1. The molecule has 0 saturated heterocycles. The molecule has 0 unspecified atom stereocenters. The van der Waals surface area contributed by atoms with Crippen molar-refractivity contribution in [3.63, 3.8) is 0 Å². The van der Waals surface area contributed by atoms with Gasteiger partial charge in [-0.25, -0.2) is 0 Å². The largest absolute Gasteiger partial charge is 0.508 e. The second-order valence-electron chi connectivity index (χ2n) is 2.40. The number of nitrogens with zero attached hydrogens (tertiary/aromatic N) is 1. The zero-order valence-corrected chi connectivity index (χ0v) is 6.93. The van der Waals surface area contributed by atoms with E-state index < -0.39 is 0 Å². The van der Waals surface area contributed by atoms with Crippen LogP contribution in [0.2, 0.25) is 0 Å². The van der Waals surface area contributed by atoms with Crippen molar-refractivity contribution < 1.29 is 5.11 Å². The Kier molecular flexibility index (Phi) is 1.58. The van der Waals surface area contributed by atoms with Crippen molar-refractivity contribution in [2.75, 3.05) is 4.72 Å². The van der Waals surface area contributed by atoms with Crippen LogP contribution in [-0.2, 0) is 0 Å². The van der Waals surface area contributed by atoms with Gasteiger partial charge in [0.15, 0.2) is 0 Å². The first-order chi connectivity index (χ1) is 5.77. The Balaban J connectivity index is 2.56. The topological polar surface area (TPSA) is 70.6 Å². The number of fused-ring (bicyclic) bond motifs is 1. The third kappa shape index (κ3) is 1.08. The van der Waals surface area contributed by atoms with E-state index in [-0.39, 0.29) is 5.75 Å². The summed E-state index contributed by atoms with van der Waals surface area (Å²) in [5.74, 6) is 0.699. The van der Waals surface area contributed by atoms with Crippen molar-refractivity contribution in [1.29, 1.82) is 0 Å². The summed E-state index contributed by atoms with van der Waals surface area (Å²) in [6, 6.07) is 4.93. The van der Waals surface area contributed by atoms with Crippen LogP contribution in [0, 0.1) is 0 Å². The predicted molar refractivity (Wildman–Crippen MR) is 50.0 cm³/mol. The number of rotatable bonds is 0. The van der Waals surface area contributed by atoms with E-state index in [4.69, 9.17) is 10.8 Å². The Hall–Kier alpha value is -1.36. The lowest BCUT2D eigenvalue weighted by Gasteiger charge is -2.13. The van der Waals surface area contributed by atoms with Gasteiger partial charge < -0.3 is 15.6 Å². The molecule has 1 aliphatic rings. The number of hydrogen-bond acceptors (Lipinski definition) is 5. The Bertz CT molecular complexity index is 351. The molecule has 0 spiro atoms. The lowest BCUT2D eigenvalue weighted by Crippen LogP contribution is -2.17. The average Bonchev–Trinajstić information content (AvgIpc) is 2.04. The number of aromatic hydroxyl groups is 1. The summed E-state index contributed by atoms with van der Waals surface area (Å²) in [5.41, 5.74) is 7.23. The van der Waals surface area contributed by atoms with Gasteiger partial charge >= 0.3 is 0 Å². The van der Waals surface area contributed by atoms with Gasteiger partial charge in [-0.3, -0.25) is 0 Å². The maximum absolute atomic E-state index is 9.14. The van der Waals surface area contributed by atoms with E-state index in [2.05, 4.69) is 9.12 Å². The van der Waals surface area contributed by atoms with Crippen LogP contribution >= 0.6 is 12.1 Å². The number of benzene rings is 1. The lowest BCUT2D eigenvalue weighted by molar-refractivity contribution is 0.475. The van der Waals surface area contributed by atoms with Gasteiger partial charge in [0.25, 0.3) is 0 Å². The Morgan fingerprint density at radius 3 is 3.17 bits per heavy atom. The third-order valence-electron chi connectivity index (χ3n) is 1.58. The van der Waals surface area contributed by atoms with Crippen molar-refractivity contribution in [2.24, 2.45) is 10.1 Å². The Labute approximate surface area is 73.8 Å². The molecule has 0 aliphatic carbocycles. The van der Waals surface area contributed by atoms with E-state index >= 15 is 0 Å². The number of hydrogen-bond donors (Lipinski definition) is 3. The Morgan fingerprint density at radius 2 is 2.33 bits per heavy atom. The first kappa shape index (κ1) is 7.30. The third-order valence-corrected chi connectivity index (χ3v) is 2.18. The summed E-state index contributed by atoms with van der Waals surface area (Å²) in [6.45, 7) is 0. The van der Waals surface area contributed by atoms with Gasteiger partial charge in [0.05, 0.1) is 17.8 Å². The van der Waals surface area contributed by atoms with E-state index in [1.807, 2.05) is 0 Å². The second kappa shape index (κ2) is 2.60. The number of nitrogens with one attached hydrogen (secondary N) is 1. The minimum atomic E-state index is 0.219. The van der Waals surface area contributed by atoms with Crippen LogP contribution in [-0.4, -0.2) is 10.9 Å². The molecule has 0 fully saturated rings. The van der Waals surface area contributed by atoms with E-state index in [1.54, 1.807) is 18.2 Å². The van der Waals surface area contributed by atoms with Crippen molar-refractivity contribution in [3.05, 3.63) is 23.8 Å². The van der Waals surface area contributed by atoms with Crippen LogP contribution in [0.4, 0.5) is 5.69 Å². The second-order valence-corrected chi connectivity index (χ2v) is 2.97. The summed E-state index contributed by atoms with van der Waals surface area (Å²) in [4.78, 5) is 0. The summed E-state index contributed by atoms with van der Waals surface area (Å²) in [5, 5.41) is 9.14. The van der Waals surface area contributed by atoms with Crippen molar-refractivity contribution >= 4 is 23.7 Å². The van der Waals surface area contributed by atoms with Crippen molar-refractivity contribution in [1.82, 2.24) is 0 Å². The molecule has 5 heteroatoms. The number of amidine groups is 1. The molecule has 62 valence electrons. The maximum atomic E-state index is 9.14. The molecule has 1 aromatic rings. The van der Waals surface area contributed by atoms with Crippen LogP contribution in [0.1, 0.15) is 5.56 Å². The quantitative estimate of drug-likeness (QED) is 0.524. The van der Waals surface area contributed by atoms with Crippen LogP contribution in [0.3, 0.4) is 0 Å². The highest BCUT2D eigenvalue weighted by Gasteiger charge is 2.11. The molecule has 0 aromatic heterocycles. The smallest absolute Gasteiger partial charge is 0.142 e. The fraction of sp³-hybridized carbons (Fsp3) is 0. The van der Waals surface area contributed by atoms with Gasteiger partial charge in [-0.15, -0.1) is 0 Å². The molecule has 0 bridgehead atoms. The number of anilines is 1. The molecule has 0 saturated carbocycles. The highest BCUT2D eigenvalue weighted by Crippen LogP contribution is 2.27. The molecular weight excluding hydrogens is 174 g/mol. The van der Waals surface area contributed by atoms with Crippen LogP contribution in [0.25, 0.3) is 0 Å². The van der Waals surface area contributed by atoms with E-state index in [0.29, 0.717) is 5.84 Å². The fourth-order valence-corrected chi connectivity index (χ4v) is 1.52. The van der Waals surface area contributed by atoms with Gasteiger partial charge in [0.2, 0.25) is 0 Å². The Morgan fingerprint density at radius 1 is 1.50 bits per heavy atom. The average molecular weight is 181 g/mol. The van der Waals surface area contributed by atoms with Gasteiger partial charge in [0, 0.05) is 11.6 Å². The van der Waals surface area contributed by atoms with Crippen LogP contribution in [0.15, 0.2) is 22.6 Å². The first-order valence-electron chi connectivity index (χ1n) is 3.36. The molecular formula is C7H7N3OS. The zero-order valence-electron chi connectivity index (χ0n) is 6.11. The van der Waals surface area contributed by atoms with Crippen LogP contribution < -0.4 is 10.5 Å². The predicted octanol–water partition coefficient (Wildman–Crippen LogP) is 1.09. The minimum Gasteiger partial charge on any atom is -0.508 e. The van der Waals surface area contributed by atoms with Crippen LogP contribution in [0.5, 0.6) is 5.75 Å². The monoisotopic (exact) mass is 181 g/mol. The van der Waals surface area contributed by atoms with Gasteiger partial charge in [-0.1, -0.05) is 0 Å². The zero-order chi connectivity index (χ0) is 8.55. The SMILES string of the molecule is NC1=NSNc2cc(O)ccc21.